The van der Waals surface area contributed by atoms with Crippen molar-refractivity contribution in [3.63, 3.8) is 0 Å². The second-order valence-corrected chi connectivity index (χ2v) is 8.82. The van der Waals surface area contributed by atoms with Crippen molar-refractivity contribution in [1.29, 1.82) is 0 Å². The van der Waals surface area contributed by atoms with E-state index in [2.05, 4.69) is 31.0 Å². The van der Waals surface area contributed by atoms with Gasteiger partial charge in [0.1, 0.15) is 0 Å². The Morgan fingerprint density at radius 1 is 1.36 bits per heavy atom. The van der Waals surface area contributed by atoms with Gasteiger partial charge in [0.15, 0.2) is 5.96 Å². The third kappa shape index (κ3) is 7.18. The number of aliphatic imine (C=N–C) groups is 1. The molecule has 0 aliphatic carbocycles. The second-order valence-electron chi connectivity index (χ2n) is 7.24. The van der Waals surface area contributed by atoms with E-state index in [0.717, 1.165) is 43.0 Å². The van der Waals surface area contributed by atoms with E-state index in [-0.39, 0.29) is 0 Å². The van der Waals surface area contributed by atoms with E-state index in [0.29, 0.717) is 18.1 Å². The van der Waals surface area contributed by atoms with Gasteiger partial charge in [-0.15, -0.1) is 0 Å². The fourth-order valence-electron chi connectivity index (χ4n) is 3.40. The summed E-state index contributed by atoms with van der Waals surface area (Å²) >= 11 is 0. The number of nitrogens with one attached hydrogen (secondary N) is 1. The molecule has 0 amide bonds. The average molecular weight is 364 g/mol. The van der Waals surface area contributed by atoms with Crippen LogP contribution in [0.15, 0.2) is 35.3 Å². The molecule has 5 heteroatoms. The van der Waals surface area contributed by atoms with Crippen molar-refractivity contribution in [2.24, 2.45) is 16.8 Å². The maximum absolute atomic E-state index is 12.3. The quantitative estimate of drug-likeness (QED) is 0.569. The third-order valence-electron chi connectivity index (χ3n) is 4.48. The zero-order valence-corrected chi connectivity index (χ0v) is 16.7. The Bertz CT molecular complexity index is 559. The van der Waals surface area contributed by atoms with Crippen molar-refractivity contribution in [1.82, 2.24) is 10.2 Å². The standard InChI is InChI=1S/C20H33N3OS/c1-4-21-20(23-12-10-19(15-23)14-17(2)3)22-11-13-25(24)16-18-8-6-5-7-9-18/h5-9,17,19H,4,10-16H2,1-3H3,(H,21,22). The summed E-state index contributed by atoms with van der Waals surface area (Å²) in [6.45, 7) is 10.4. The highest BCUT2D eigenvalue weighted by Crippen LogP contribution is 2.23. The maximum Gasteiger partial charge on any atom is 0.193 e. The average Bonchev–Trinajstić information content (AvgIpc) is 3.02. The first-order valence-electron chi connectivity index (χ1n) is 9.50. The molecule has 0 aromatic heterocycles. The molecule has 1 saturated heterocycles. The van der Waals surface area contributed by atoms with E-state index in [1.165, 1.54) is 12.8 Å². The molecule has 0 spiro atoms. The number of benzene rings is 1. The molecular weight excluding hydrogens is 330 g/mol. The minimum absolute atomic E-state index is 0.618. The van der Waals surface area contributed by atoms with E-state index in [4.69, 9.17) is 4.99 Å². The van der Waals surface area contributed by atoms with E-state index < -0.39 is 10.8 Å². The monoisotopic (exact) mass is 363 g/mol. The first kappa shape index (κ1) is 20.0. The summed E-state index contributed by atoms with van der Waals surface area (Å²) in [4.78, 5) is 7.10. The fourth-order valence-corrected chi connectivity index (χ4v) is 4.40. The molecule has 1 aliphatic rings. The topological polar surface area (TPSA) is 44.7 Å². The normalized spacial score (nSPS) is 19.4. The number of nitrogens with zero attached hydrogens (tertiary/aromatic N) is 2. The Kier molecular flexibility index (Phi) is 8.45. The van der Waals surface area contributed by atoms with Crippen LogP contribution in [0.1, 0.15) is 39.2 Å². The van der Waals surface area contributed by atoms with Crippen LogP contribution in [0.25, 0.3) is 0 Å². The summed E-state index contributed by atoms with van der Waals surface area (Å²) in [7, 11) is -0.861. The largest absolute Gasteiger partial charge is 0.357 e. The molecule has 1 fully saturated rings. The van der Waals surface area contributed by atoms with E-state index in [9.17, 15) is 4.21 Å². The molecule has 2 unspecified atom stereocenters. The number of hydrogen-bond donors (Lipinski definition) is 1. The lowest BCUT2D eigenvalue weighted by Gasteiger charge is -2.22. The number of guanidine groups is 1. The fraction of sp³-hybridized carbons (Fsp3) is 0.650. The summed E-state index contributed by atoms with van der Waals surface area (Å²) in [5, 5.41) is 3.40. The minimum Gasteiger partial charge on any atom is -0.357 e. The molecule has 140 valence electrons. The van der Waals surface area contributed by atoms with Crippen LogP contribution in [-0.4, -0.2) is 47.0 Å². The number of rotatable bonds is 8. The predicted molar refractivity (Wildman–Crippen MR) is 108 cm³/mol. The second kappa shape index (κ2) is 10.6. The van der Waals surface area contributed by atoms with Crippen LogP contribution in [0.2, 0.25) is 0 Å². The van der Waals surface area contributed by atoms with Gasteiger partial charge in [0.2, 0.25) is 0 Å². The summed E-state index contributed by atoms with van der Waals surface area (Å²) in [6.07, 6.45) is 2.54. The Labute approximate surface area is 155 Å². The van der Waals surface area contributed by atoms with Crippen LogP contribution in [0.3, 0.4) is 0 Å². The van der Waals surface area contributed by atoms with Gasteiger partial charge in [0.25, 0.3) is 0 Å². The molecule has 1 aromatic rings. The van der Waals surface area contributed by atoms with Crippen LogP contribution >= 0.6 is 0 Å². The molecule has 1 aromatic carbocycles. The highest BCUT2D eigenvalue weighted by molar-refractivity contribution is 7.84. The summed E-state index contributed by atoms with van der Waals surface area (Å²) in [5.41, 5.74) is 1.13. The Hall–Kier alpha value is -1.36. The summed E-state index contributed by atoms with van der Waals surface area (Å²) in [5.74, 6) is 3.76. The van der Waals surface area contributed by atoms with Gasteiger partial charge in [0, 0.05) is 41.9 Å². The minimum atomic E-state index is -0.861. The van der Waals surface area contributed by atoms with Crippen LogP contribution in [0.5, 0.6) is 0 Å². The van der Waals surface area contributed by atoms with Crippen molar-refractivity contribution in [2.45, 2.75) is 39.4 Å². The van der Waals surface area contributed by atoms with Gasteiger partial charge < -0.3 is 10.2 Å². The van der Waals surface area contributed by atoms with Gasteiger partial charge in [-0.2, -0.15) is 0 Å². The first-order valence-corrected chi connectivity index (χ1v) is 11.0. The highest BCUT2D eigenvalue weighted by Gasteiger charge is 2.25. The van der Waals surface area contributed by atoms with Gasteiger partial charge in [-0.1, -0.05) is 44.2 Å². The van der Waals surface area contributed by atoms with Crippen LogP contribution in [0, 0.1) is 11.8 Å². The lowest BCUT2D eigenvalue weighted by molar-refractivity contribution is 0.404. The number of hydrogen-bond acceptors (Lipinski definition) is 2. The maximum atomic E-state index is 12.3. The van der Waals surface area contributed by atoms with Gasteiger partial charge in [0.05, 0.1) is 6.54 Å². The van der Waals surface area contributed by atoms with Gasteiger partial charge in [-0.05, 0) is 37.2 Å². The van der Waals surface area contributed by atoms with Crippen molar-refractivity contribution in [2.75, 3.05) is 31.9 Å². The summed E-state index contributed by atoms with van der Waals surface area (Å²) in [6, 6.07) is 10.0. The van der Waals surface area contributed by atoms with E-state index >= 15 is 0 Å². The van der Waals surface area contributed by atoms with Crippen molar-refractivity contribution >= 4 is 16.8 Å². The van der Waals surface area contributed by atoms with Crippen LogP contribution < -0.4 is 5.32 Å². The van der Waals surface area contributed by atoms with Gasteiger partial charge >= 0.3 is 0 Å². The summed E-state index contributed by atoms with van der Waals surface area (Å²) < 4.78 is 12.3. The SMILES string of the molecule is CCNC(=NCCS(=O)Cc1ccccc1)N1CCC(CC(C)C)C1. The molecule has 1 heterocycles. The first-order chi connectivity index (χ1) is 12.1. The zero-order chi connectivity index (χ0) is 18.1. The van der Waals surface area contributed by atoms with Crippen LogP contribution in [-0.2, 0) is 16.6 Å². The molecule has 2 rings (SSSR count). The lowest BCUT2D eigenvalue weighted by atomic mass is 9.97. The molecule has 2 atom stereocenters. The Balaban J connectivity index is 1.82. The predicted octanol–water partition coefficient (Wildman–Crippen LogP) is 3.27. The molecule has 0 radical (unpaired) electrons. The molecule has 0 bridgehead atoms. The molecule has 0 saturated carbocycles. The molecular formula is C20H33N3OS. The molecule has 1 N–H and O–H groups in total. The lowest BCUT2D eigenvalue weighted by Crippen LogP contribution is -2.40. The van der Waals surface area contributed by atoms with Crippen molar-refractivity contribution in [3.05, 3.63) is 35.9 Å². The number of likely N-dealkylation sites (tertiary alicyclic amines) is 1. The highest BCUT2D eigenvalue weighted by atomic mass is 32.2. The van der Waals surface area contributed by atoms with Crippen LogP contribution in [0.4, 0.5) is 0 Å². The molecule has 4 nitrogen and oxygen atoms in total. The smallest absolute Gasteiger partial charge is 0.193 e. The van der Waals surface area contributed by atoms with Crippen molar-refractivity contribution < 1.29 is 4.21 Å². The zero-order valence-electron chi connectivity index (χ0n) is 15.9. The Morgan fingerprint density at radius 2 is 2.12 bits per heavy atom. The molecule has 25 heavy (non-hydrogen) atoms. The van der Waals surface area contributed by atoms with Gasteiger partial charge in [-0.25, -0.2) is 0 Å². The Morgan fingerprint density at radius 3 is 2.80 bits per heavy atom. The van der Waals surface area contributed by atoms with E-state index in [1.54, 1.807) is 0 Å². The third-order valence-corrected chi connectivity index (χ3v) is 5.77. The van der Waals surface area contributed by atoms with Crippen molar-refractivity contribution in [3.8, 4) is 0 Å². The van der Waals surface area contributed by atoms with E-state index in [1.807, 2.05) is 30.3 Å². The van der Waals surface area contributed by atoms with Gasteiger partial charge in [-0.3, -0.25) is 9.20 Å². The molecule has 1 aliphatic heterocycles.